The second-order valence-corrected chi connectivity index (χ2v) is 3.06. The van der Waals surface area contributed by atoms with E-state index in [1.165, 1.54) is 0 Å². The van der Waals surface area contributed by atoms with E-state index >= 15 is 0 Å². The molecule has 1 nitrogen and oxygen atoms in total. The standard InChI is InChI=1S/C7H13ClO/c1-2-7(5-8)3-4-9-6-7/h2-6H2,1H3. The maximum Gasteiger partial charge on any atom is 0.0534 e. The molecule has 1 saturated heterocycles. The molecule has 1 atom stereocenters. The van der Waals surface area contributed by atoms with E-state index in [1.807, 2.05) is 0 Å². The van der Waals surface area contributed by atoms with Crippen molar-refractivity contribution in [1.29, 1.82) is 0 Å². The molecule has 0 saturated carbocycles. The summed E-state index contributed by atoms with van der Waals surface area (Å²) in [4.78, 5) is 0. The molecule has 0 aliphatic carbocycles. The monoisotopic (exact) mass is 148 g/mol. The van der Waals surface area contributed by atoms with Crippen molar-refractivity contribution < 1.29 is 4.74 Å². The molecule has 9 heavy (non-hydrogen) atoms. The Kier molecular flexibility index (Phi) is 2.36. The Morgan fingerprint density at radius 3 is 2.67 bits per heavy atom. The first kappa shape index (κ1) is 7.36. The van der Waals surface area contributed by atoms with Crippen LogP contribution in [0.15, 0.2) is 0 Å². The molecule has 0 amide bonds. The summed E-state index contributed by atoms with van der Waals surface area (Å²) in [6.45, 7) is 3.95. The van der Waals surface area contributed by atoms with Gasteiger partial charge in [-0.05, 0) is 12.8 Å². The van der Waals surface area contributed by atoms with Crippen molar-refractivity contribution in [2.75, 3.05) is 19.1 Å². The van der Waals surface area contributed by atoms with Gasteiger partial charge in [-0.15, -0.1) is 11.6 Å². The second-order valence-electron chi connectivity index (χ2n) is 2.79. The zero-order valence-corrected chi connectivity index (χ0v) is 6.58. The van der Waals surface area contributed by atoms with E-state index in [0.29, 0.717) is 5.41 Å². The third-order valence-corrected chi connectivity index (χ3v) is 2.79. The van der Waals surface area contributed by atoms with Gasteiger partial charge in [-0.2, -0.15) is 0 Å². The van der Waals surface area contributed by atoms with Gasteiger partial charge in [0.15, 0.2) is 0 Å². The largest absolute Gasteiger partial charge is 0.381 e. The lowest BCUT2D eigenvalue weighted by Gasteiger charge is -2.21. The van der Waals surface area contributed by atoms with E-state index < -0.39 is 0 Å². The highest BCUT2D eigenvalue weighted by Crippen LogP contribution is 2.32. The molecule has 0 radical (unpaired) electrons. The quantitative estimate of drug-likeness (QED) is 0.545. The predicted molar refractivity (Wildman–Crippen MR) is 38.9 cm³/mol. The van der Waals surface area contributed by atoms with Crippen LogP contribution in [0.4, 0.5) is 0 Å². The molecule has 0 N–H and O–H groups in total. The van der Waals surface area contributed by atoms with Crippen LogP contribution in [0.5, 0.6) is 0 Å². The van der Waals surface area contributed by atoms with Crippen LogP contribution < -0.4 is 0 Å². The topological polar surface area (TPSA) is 9.23 Å². The maximum atomic E-state index is 5.78. The summed E-state index contributed by atoms with van der Waals surface area (Å²) >= 11 is 5.78. The highest BCUT2D eigenvalue weighted by molar-refractivity contribution is 6.18. The van der Waals surface area contributed by atoms with Crippen LogP contribution in [0.25, 0.3) is 0 Å². The Labute approximate surface area is 61.3 Å². The van der Waals surface area contributed by atoms with Gasteiger partial charge in [-0.1, -0.05) is 6.92 Å². The van der Waals surface area contributed by atoms with Gasteiger partial charge in [0.25, 0.3) is 0 Å². The number of hydrogen-bond acceptors (Lipinski definition) is 1. The third-order valence-electron chi connectivity index (χ3n) is 2.22. The van der Waals surface area contributed by atoms with Gasteiger partial charge in [0, 0.05) is 17.9 Å². The van der Waals surface area contributed by atoms with E-state index in [0.717, 1.165) is 31.9 Å². The Balaban J connectivity index is 2.45. The third kappa shape index (κ3) is 1.39. The van der Waals surface area contributed by atoms with Crippen LogP contribution in [0, 0.1) is 5.41 Å². The second kappa shape index (κ2) is 2.89. The zero-order chi connectivity index (χ0) is 6.74. The molecule has 1 aliphatic rings. The zero-order valence-electron chi connectivity index (χ0n) is 5.82. The van der Waals surface area contributed by atoms with Crippen molar-refractivity contribution in [2.45, 2.75) is 19.8 Å². The molecule has 1 unspecified atom stereocenters. The summed E-state index contributed by atoms with van der Waals surface area (Å²) in [6, 6.07) is 0. The highest BCUT2D eigenvalue weighted by atomic mass is 35.5. The number of ether oxygens (including phenoxy) is 1. The minimum atomic E-state index is 0.321. The molecular weight excluding hydrogens is 136 g/mol. The highest BCUT2D eigenvalue weighted by Gasteiger charge is 2.31. The van der Waals surface area contributed by atoms with E-state index in [-0.39, 0.29) is 0 Å². The average molecular weight is 149 g/mol. The lowest BCUT2D eigenvalue weighted by atomic mass is 9.87. The average Bonchev–Trinajstić information content (AvgIpc) is 2.36. The molecule has 0 bridgehead atoms. The first-order valence-electron chi connectivity index (χ1n) is 3.47. The first-order valence-corrected chi connectivity index (χ1v) is 4.00. The summed E-state index contributed by atoms with van der Waals surface area (Å²) in [5.74, 6) is 0.753. The van der Waals surface area contributed by atoms with Crippen molar-refractivity contribution in [1.82, 2.24) is 0 Å². The van der Waals surface area contributed by atoms with Gasteiger partial charge in [0.2, 0.25) is 0 Å². The van der Waals surface area contributed by atoms with Gasteiger partial charge in [-0.25, -0.2) is 0 Å². The molecule has 1 fully saturated rings. The van der Waals surface area contributed by atoms with Gasteiger partial charge >= 0.3 is 0 Å². The SMILES string of the molecule is CCC1(CCl)CCOC1. The minimum Gasteiger partial charge on any atom is -0.381 e. The molecule has 0 spiro atoms. The summed E-state index contributed by atoms with van der Waals surface area (Å²) < 4.78 is 5.26. The minimum absolute atomic E-state index is 0.321. The fourth-order valence-corrected chi connectivity index (χ4v) is 1.53. The van der Waals surface area contributed by atoms with Crippen LogP contribution in [0.2, 0.25) is 0 Å². The van der Waals surface area contributed by atoms with Gasteiger partial charge < -0.3 is 4.74 Å². The summed E-state index contributed by atoms with van der Waals surface area (Å²) in [5.41, 5.74) is 0.321. The van der Waals surface area contributed by atoms with Crippen LogP contribution >= 0.6 is 11.6 Å². The Bertz CT molecular complexity index is 80.9. The van der Waals surface area contributed by atoms with Crippen LogP contribution in [0.1, 0.15) is 19.8 Å². The molecular formula is C7H13ClO. The molecule has 2 heteroatoms. The molecule has 1 aliphatic heterocycles. The van der Waals surface area contributed by atoms with E-state index in [2.05, 4.69) is 6.92 Å². The van der Waals surface area contributed by atoms with Gasteiger partial charge in [0.1, 0.15) is 0 Å². The van der Waals surface area contributed by atoms with Crippen molar-refractivity contribution >= 4 is 11.6 Å². The molecule has 1 heterocycles. The number of rotatable bonds is 2. The first-order chi connectivity index (χ1) is 4.33. The van der Waals surface area contributed by atoms with Crippen molar-refractivity contribution in [3.8, 4) is 0 Å². The van der Waals surface area contributed by atoms with Crippen LogP contribution in [-0.4, -0.2) is 19.1 Å². The maximum absolute atomic E-state index is 5.78. The van der Waals surface area contributed by atoms with Gasteiger partial charge in [0.05, 0.1) is 6.61 Å². The summed E-state index contributed by atoms with van der Waals surface area (Å²) in [6.07, 6.45) is 2.30. The van der Waals surface area contributed by atoms with E-state index in [4.69, 9.17) is 16.3 Å². The number of alkyl halides is 1. The van der Waals surface area contributed by atoms with Crippen molar-refractivity contribution in [2.24, 2.45) is 5.41 Å². The molecule has 0 aromatic carbocycles. The predicted octanol–water partition coefficient (Wildman–Crippen LogP) is 2.04. The normalized spacial score (nSPS) is 35.3. The Hall–Kier alpha value is 0.250. The molecule has 54 valence electrons. The molecule has 1 rings (SSSR count). The van der Waals surface area contributed by atoms with E-state index in [9.17, 15) is 0 Å². The number of hydrogen-bond donors (Lipinski definition) is 0. The van der Waals surface area contributed by atoms with Crippen LogP contribution in [0.3, 0.4) is 0 Å². The fraction of sp³-hybridized carbons (Fsp3) is 1.00. The number of halogens is 1. The lowest BCUT2D eigenvalue weighted by Crippen LogP contribution is -2.21. The Morgan fingerprint density at radius 1 is 1.67 bits per heavy atom. The van der Waals surface area contributed by atoms with Gasteiger partial charge in [-0.3, -0.25) is 0 Å². The van der Waals surface area contributed by atoms with Crippen molar-refractivity contribution in [3.05, 3.63) is 0 Å². The molecule has 0 aromatic heterocycles. The summed E-state index contributed by atoms with van der Waals surface area (Å²) in [7, 11) is 0. The Morgan fingerprint density at radius 2 is 2.44 bits per heavy atom. The lowest BCUT2D eigenvalue weighted by molar-refractivity contribution is 0.159. The van der Waals surface area contributed by atoms with Crippen molar-refractivity contribution in [3.63, 3.8) is 0 Å². The van der Waals surface area contributed by atoms with Crippen LogP contribution in [-0.2, 0) is 4.74 Å². The smallest absolute Gasteiger partial charge is 0.0534 e. The summed E-state index contributed by atoms with van der Waals surface area (Å²) in [5, 5.41) is 0. The molecule has 0 aromatic rings. The van der Waals surface area contributed by atoms with E-state index in [1.54, 1.807) is 0 Å². The fourth-order valence-electron chi connectivity index (χ4n) is 1.13.